The van der Waals surface area contributed by atoms with Crippen LogP contribution in [0.25, 0.3) is 0 Å². The van der Waals surface area contributed by atoms with Crippen molar-refractivity contribution < 1.29 is 4.74 Å². The van der Waals surface area contributed by atoms with E-state index in [2.05, 4.69) is 32.8 Å². The Morgan fingerprint density at radius 2 is 2.04 bits per heavy atom. The van der Waals surface area contributed by atoms with Crippen molar-refractivity contribution in [2.45, 2.75) is 70.8 Å². The fourth-order valence-corrected chi connectivity index (χ4v) is 4.77. The van der Waals surface area contributed by atoms with E-state index in [1.54, 1.807) is 11.3 Å². The fourth-order valence-electron chi connectivity index (χ4n) is 3.85. The minimum atomic E-state index is 0.493. The number of nitrogens with one attached hydrogen (secondary N) is 2. The van der Waals surface area contributed by atoms with Crippen LogP contribution in [0.2, 0.25) is 0 Å². The number of aromatic nitrogens is 1. The van der Waals surface area contributed by atoms with Gasteiger partial charge in [0.25, 0.3) is 0 Å². The topological polar surface area (TPSA) is 61.8 Å². The van der Waals surface area contributed by atoms with Gasteiger partial charge in [-0.1, -0.05) is 19.3 Å². The van der Waals surface area contributed by atoms with Crippen molar-refractivity contribution in [3.05, 3.63) is 11.1 Å². The third-order valence-corrected chi connectivity index (χ3v) is 6.36. The fraction of sp³-hybridized carbons (Fsp3) is 0.810. The van der Waals surface area contributed by atoms with Crippen LogP contribution in [0, 0.1) is 0 Å². The molecule has 0 bridgehead atoms. The summed E-state index contributed by atoms with van der Waals surface area (Å²) in [4.78, 5) is 11.9. The van der Waals surface area contributed by atoms with Gasteiger partial charge in [0.1, 0.15) is 0 Å². The third-order valence-electron chi connectivity index (χ3n) is 5.41. The summed E-state index contributed by atoms with van der Waals surface area (Å²) in [6.07, 6.45) is 11.5. The van der Waals surface area contributed by atoms with Crippen LogP contribution in [0.5, 0.6) is 0 Å². The minimum absolute atomic E-state index is 0.493. The van der Waals surface area contributed by atoms with Crippen molar-refractivity contribution in [2.24, 2.45) is 4.99 Å². The number of hydrogen-bond acceptors (Lipinski definition) is 5. The molecule has 0 aromatic carbocycles. The summed E-state index contributed by atoms with van der Waals surface area (Å²) in [6.45, 7) is 7.78. The summed E-state index contributed by atoms with van der Waals surface area (Å²) in [5.41, 5.74) is 1.18. The number of aliphatic imine (C=N–C) groups is 1. The lowest BCUT2D eigenvalue weighted by Crippen LogP contribution is -2.38. The van der Waals surface area contributed by atoms with E-state index in [4.69, 9.17) is 9.72 Å². The molecular weight excluding hydrogens is 370 g/mol. The number of nitrogens with zero attached hydrogens (tertiary/aromatic N) is 3. The van der Waals surface area contributed by atoms with Crippen LogP contribution in [0.15, 0.2) is 10.4 Å². The Labute approximate surface area is 174 Å². The zero-order valence-electron chi connectivity index (χ0n) is 17.4. The van der Waals surface area contributed by atoms with Gasteiger partial charge in [-0.2, -0.15) is 0 Å². The number of guanidine groups is 1. The van der Waals surface area contributed by atoms with Crippen molar-refractivity contribution in [3.8, 4) is 0 Å². The quantitative estimate of drug-likeness (QED) is 0.353. The summed E-state index contributed by atoms with van der Waals surface area (Å²) < 4.78 is 5.99. The van der Waals surface area contributed by atoms with Crippen molar-refractivity contribution >= 4 is 22.4 Å². The monoisotopic (exact) mass is 407 g/mol. The molecule has 0 spiro atoms. The molecular formula is C21H37N5OS. The number of ether oxygens (including phenoxy) is 1. The molecule has 0 unspecified atom stereocenters. The highest BCUT2D eigenvalue weighted by Crippen LogP contribution is 2.24. The Morgan fingerprint density at radius 3 is 2.82 bits per heavy atom. The van der Waals surface area contributed by atoms with E-state index in [0.29, 0.717) is 6.10 Å². The molecule has 1 saturated carbocycles. The van der Waals surface area contributed by atoms with Gasteiger partial charge >= 0.3 is 0 Å². The number of anilines is 1. The van der Waals surface area contributed by atoms with Crippen molar-refractivity contribution in [3.63, 3.8) is 0 Å². The first-order valence-corrected chi connectivity index (χ1v) is 12.1. The Morgan fingerprint density at radius 1 is 1.21 bits per heavy atom. The molecule has 7 heteroatoms. The Bertz CT molecular complexity index is 579. The van der Waals surface area contributed by atoms with E-state index in [0.717, 1.165) is 58.1 Å². The van der Waals surface area contributed by atoms with Gasteiger partial charge in [0.2, 0.25) is 0 Å². The summed E-state index contributed by atoms with van der Waals surface area (Å²) >= 11 is 1.77. The predicted octanol–water partition coefficient (Wildman–Crippen LogP) is 3.58. The molecule has 1 aromatic rings. The second-order valence-corrected chi connectivity index (χ2v) is 8.57. The molecule has 0 radical (unpaired) electrons. The maximum absolute atomic E-state index is 5.99. The first-order valence-electron chi connectivity index (χ1n) is 11.2. The molecule has 2 aliphatic rings. The molecule has 1 aliphatic carbocycles. The van der Waals surface area contributed by atoms with Crippen molar-refractivity contribution in [1.82, 2.24) is 15.6 Å². The minimum Gasteiger partial charge on any atom is -0.378 e. The molecule has 2 fully saturated rings. The Balaban J connectivity index is 1.32. The molecule has 28 heavy (non-hydrogen) atoms. The maximum atomic E-state index is 5.99. The van der Waals surface area contributed by atoms with E-state index in [9.17, 15) is 0 Å². The molecule has 3 rings (SSSR count). The van der Waals surface area contributed by atoms with Gasteiger partial charge < -0.3 is 20.3 Å². The largest absolute Gasteiger partial charge is 0.378 e. The van der Waals surface area contributed by atoms with Gasteiger partial charge in [0.15, 0.2) is 11.1 Å². The maximum Gasteiger partial charge on any atom is 0.191 e. The van der Waals surface area contributed by atoms with Gasteiger partial charge in [-0.3, -0.25) is 4.99 Å². The number of hydrogen-bond donors (Lipinski definition) is 2. The summed E-state index contributed by atoms with van der Waals surface area (Å²) in [6, 6.07) is 0. The summed E-state index contributed by atoms with van der Waals surface area (Å²) in [7, 11) is 0. The highest BCUT2D eigenvalue weighted by Gasteiger charge is 2.15. The number of rotatable bonds is 10. The van der Waals surface area contributed by atoms with E-state index in [1.807, 2.05) is 0 Å². The van der Waals surface area contributed by atoms with Crippen LogP contribution in [0.4, 0.5) is 5.13 Å². The molecule has 1 aromatic heterocycles. The molecule has 2 N–H and O–H groups in total. The van der Waals surface area contributed by atoms with Gasteiger partial charge in [-0.25, -0.2) is 4.98 Å². The summed E-state index contributed by atoms with van der Waals surface area (Å²) in [5.74, 6) is 0.898. The molecule has 1 saturated heterocycles. The average molecular weight is 408 g/mol. The van der Waals surface area contributed by atoms with Crippen LogP contribution < -0.4 is 15.5 Å². The highest BCUT2D eigenvalue weighted by atomic mass is 32.1. The lowest BCUT2D eigenvalue weighted by atomic mass is 9.98. The van der Waals surface area contributed by atoms with Crippen LogP contribution in [-0.2, 0) is 11.2 Å². The predicted molar refractivity (Wildman–Crippen MR) is 119 cm³/mol. The smallest absolute Gasteiger partial charge is 0.191 e. The molecule has 1 aliphatic heterocycles. The van der Waals surface area contributed by atoms with E-state index < -0.39 is 0 Å². The van der Waals surface area contributed by atoms with Gasteiger partial charge in [0.05, 0.1) is 11.8 Å². The highest BCUT2D eigenvalue weighted by molar-refractivity contribution is 7.13. The first kappa shape index (κ1) is 21.4. The van der Waals surface area contributed by atoms with Crippen LogP contribution >= 0.6 is 11.3 Å². The van der Waals surface area contributed by atoms with Crippen LogP contribution in [0.1, 0.15) is 64.0 Å². The first-order chi connectivity index (χ1) is 13.8. The van der Waals surface area contributed by atoms with E-state index >= 15 is 0 Å². The zero-order chi connectivity index (χ0) is 19.4. The summed E-state index contributed by atoms with van der Waals surface area (Å²) in [5, 5.41) is 10.2. The zero-order valence-corrected chi connectivity index (χ0v) is 18.2. The number of thiazole rings is 1. The Kier molecular flexibility index (Phi) is 9.37. The van der Waals surface area contributed by atoms with Crippen molar-refractivity contribution in [1.29, 1.82) is 0 Å². The SMILES string of the molecule is CCNC(=NCCCOC1CCCCC1)NCCc1csc(N2CCCC2)n1. The third kappa shape index (κ3) is 7.24. The van der Waals surface area contributed by atoms with E-state index in [1.165, 1.54) is 55.8 Å². The molecule has 0 amide bonds. The van der Waals surface area contributed by atoms with Crippen molar-refractivity contribution in [2.75, 3.05) is 44.2 Å². The Hall–Kier alpha value is -1.34. The standard InChI is InChI=1S/C21H37N5OS/c1-2-22-20(23-12-8-16-27-19-9-4-3-5-10-19)24-13-11-18-17-28-21(25-18)26-14-6-7-15-26/h17,19H,2-16H2,1H3,(H2,22,23,24). The van der Waals surface area contributed by atoms with Gasteiger partial charge in [0, 0.05) is 51.1 Å². The second kappa shape index (κ2) is 12.3. The molecule has 6 nitrogen and oxygen atoms in total. The molecule has 0 atom stereocenters. The lowest BCUT2D eigenvalue weighted by Gasteiger charge is -2.21. The average Bonchev–Trinajstić information content (AvgIpc) is 3.40. The van der Waals surface area contributed by atoms with Crippen LogP contribution in [-0.4, -0.2) is 56.4 Å². The van der Waals surface area contributed by atoms with E-state index in [-0.39, 0.29) is 0 Å². The van der Waals surface area contributed by atoms with Gasteiger partial charge in [-0.05, 0) is 39.0 Å². The molecule has 2 heterocycles. The van der Waals surface area contributed by atoms with Gasteiger partial charge in [-0.15, -0.1) is 11.3 Å². The molecule has 158 valence electrons. The second-order valence-electron chi connectivity index (χ2n) is 7.74. The lowest BCUT2D eigenvalue weighted by molar-refractivity contribution is 0.0281. The van der Waals surface area contributed by atoms with Crippen LogP contribution in [0.3, 0.4) is 0 Å². The normalized spacial score (nSPS) is 18.6.